The van der Waals surface area contributed by atoms with Crippen LogP contribution in [-0.2, 0) is 16.0 Å². The molecule has 2 aromatic carbocycles. The lowest BCUT2D eigenvalue weighted by Gasteiger charge is -2.34. The van der Waals surface area contributed by atoms with E-state index in [0.29, 0.717) is 63.1 Å². The lowest BCUT2D eigenvalue weighted by molar-refractivity contribution is -0.137. The van der Waals surface area contributed by atoms with Gasteiger partial charge in [0, 0.05) is 38.7 Å². The van der Waals surface area contributed by atoms with Crippen molar-refractivity contribution in [3.8, 4) is 17.2 Å². The second kappa shape index (κ2) is 10.9. The number of piperazine rings is 1. The van der Waals surface area contributed by atoms with Gasteiger partial charge in [0.2, 0.25) is 17.6 Å². The van der Waals surface area contributed by atoms with Crippen LogP contribution in [0, 0.1) is 0 Å². The molecule has 0 saturated carbocycles. The quantitative estimate of drug-likeness (QED) is 0.606. The summed E-state index contributed by atoms with van der Waals surface area (Å²) in [5.41, 5.74) is 2.06. The highest BCUT2D eigenvalue weighted by Gasteiger charge is 2.23. The normalized spacial score (nSPS) is 15.5. The molecule has 2 aliphatic heterocycles. The first kappa shape index (κ1) is 22.7. The number of rotatable bonds is 7. The summed E-state index contributed by atoms with van der Waals surface area (Å²) in [7, 11) is 1.58. The minimum atomic E-state index is -0.0694. The second-order valence-corrected chi connectivity index (χ2v) is 8.13. The summed E-state index contributed by atoms with van der Waals surface area (Å²) >= 11 is 0. The minimum Gasteiger partial charge on any atom is -0.493 e. The highest BCUT2D eigenvalue weighted by Crippen LogP contribution is 2.40. The Kier molecular flexibility index (Phi) is 7.50. The van der Waals surface area contributed by atoms with Crippen LogP contribution < -0.4 is 14.2 Å². The third-order valence-electron chi connectivity index (χ3n) is 5.91. The van der Waals surface area contributed by atoms with Crippen LogP contribution >= 0.6 is 0 Å². The van der Waals surface area contributed by atoms with E-state index in [0.717, 1.165) is 18.4 Å². The van der Waals surface area contributed by atoms with Crippen LogP contribution in [0.1, 0.15) is 24.0 Å². The number of carbonyl (C=O) groups is 2. The maximum absolute atomic E-state index is 12.7. The van der Waals surface area contributed by atoms with Gasteiger partial charge in [-0.05, 0) is 42.2 Å². The first-order valence-electron chi connectivity index (χ1n) is 11.4. The first-order chi connectivity index (χ1) is 16.1. The van der Waals surface area contributed by atoms with Gasteiger partial charge in [-0.15, -0.1) is 0 Å². The molecule has 2 aliphatic rings. The van der Waals surface area contributed by atoms with Gasteiger partial charge in [0.05, 0.1) is 7.11 Å². The zero-order valence-corrected chi connectivity index (χ0v) is 19.0. The minimum absolute atomic E-state index is 0.0694. The number of hydrogen-bond acceptors (Lipinski definition) is 5. The van der Waals surface area contributed by atoms with Crippen molar-refractivity contribution < 1.29 is 23.8 Å². The fraction of sp³-hybridized carbons (Fsp3) is 0.385. The number of aryl methyl sites for hydroxylation is 1. The van der Waals surface area contributed by atoms with E-state index in [-0.39, 0.29) is 11.8 Å². The molecule has 2 heterocycles. The predicted octanol–water partition coefficient (Wildman–Crippen LogP) is 3.17. The molecule has 1 fully saturated rings. The number of ether oxygens (including phenoxy) is 3. The molecule has 4 rings (SSSR count). The molecule has 0 spiro atoms. The number of nitrogens with zero attached hydrogens (tertiary/aromatic N) is 2. The molecule has 0 aromatic heterocycles. The number of amides is 2. The van der Waals surface area contributed by atoms with Gasteiger partial charge in [0.15, 0.2) is 11.5 Å². The van der Waals surface area contributed by atoms with Crippen molar-refractivity contribution in [2.45, 2.75) is 19.3 Å². The van der Waals surface area contributed by atoms with Gasteiger partial charge in [-0.1, -0.05) is 30.3 Å². The first-order valence-corrected chi connectivity index (χ1v) is 11.4. The van der Waals surface area contributed by atoms with Gasteiger partial charge in [0.25, 0.3) is 0 Å². The van der Waals surface area contributed by atoms with Crippen LogP contribution in [0.4, 0.5) is 0 Å². The molecule has 33 heavy (non-hydrogen) atoms. The van der Waals surface area contributed by atoms with E-state index in [9.17, 15) is 9.59 Å². The Morgan fingerprint density at radius 2 is 1.73 bits per heavy atom. The van der Waals surface area contributed by atoms with Crippen molar-refractivity contribution >= 4 is 17.9 Å². The van der Waals surface area contributed by atoms with Gasteiger partial charge in [0.1, 0.15) is 13.2 Å². The molecule has 0 aliphatic carbocycles. The van der Waals surface area contributed by atoms with Gasteiger partial charge in [-0.3, -0.25) is 9.59 Å². The average Bonchev–Trinajstić information content (AvgIpc) is 2.87. The highest BCUT2D eigenvalue weighted by molar-refractivity contribution is 5.92. The lowest BCUT2D eigenvalue weighted by atomic mass is 10.1. The largest absolute Gasteiger partial charge is 0.493 e. The van der Waals surface area contributed by atoms with Crippen molar-refractivity contribution in [3.63, 3.8) is 0 Å². The van der Waals surface area contributed by atoms with Crippen molar-refractivity contribution in [3.05, 3.63) is 59.7 Å². The fourth-order valence-corrected chi connectivity index (χ4v) is 4.09. The molecule has 0 bridgehead atoms. The summed E-state index contributed by atoms with van der Waals surface area (Å²) in [5.74, 6) is 1.89. The van der Waals surface area contributed by atoms with E-state index in [1.54, 1.807) is 24.2 Å². The molecular weight excluding hydrogens is 420 g/mol. The summed E-state index contributed by atoms with van der Waals surface area (Å²) < 4.78 is 16.7. The van der Waals surface area contributed by atoms with Gasteiger partial charge >= 0.3 is 0 Å². The molecule has 174 valence electrons. The summed E-state index contributed by atoms with van der Waals surface area (Å²) in [6.45, 7) is 3.19. The molecule has 0 atom stereocenters. The Hall–Kier alpha value is -3.48. The third-order valence-corrected chi connectivity index (χ3v) is 5.91. The summed E-state index contributed by atoms with van der Waals surface area (Å²) in [6.07, 6.45) is 5.59. The van der Waals surface area contributed by atoms with Gasteiger partial charge < -0.3 is 24.0 Å². The van der Waals surface area contributed by atoms with E-state index in [1.165, 1.54) is 5.56 Å². The Balaban J connectivity index is 1.25. The summed E-state index contributed by atoms with van der Waals surface area (Å²) in [4.78, 5) is 28.8. The van der Waals surface area contributed by atoms with Crippen molar-refractivity contribution in [1.82, 2.24) is 9.80 Å². The Morgan fingerprint density at radius 1 is 1.00 bits per heavy atom. The van der Waals surface area contributed by atoms with Gasteiger partial charge in [-0.25, -0.2) is 0 Å². The van der Waals surface area contributed by atoms with Crippen molar-refractivity contribution in [2.75, 3.05) is 46.5 Å². The topological polar surface area (TPSA) is 68.3 Å². The number of benzene rings is 2. The Bertz CT molecular complexity index is 980. The average molecular weight is 451 g/mol. The molecule has 1 saturated heterocycles. The zero-order valence-electron chi connectivity index (χ0n) is 19.0. The monoisotopic (exact) mass is 450 g/mol. The molecule has 0 unspecified atom stereocenters. The van der Waals surface area contributed by atoms with Gasteiger partial charge in [-0.2, -0.15) is 0 Å². The zero-order chi connectivity index (χ0) is 23.0. The van der Waals surface area contributed by atoms with E-state index < -0.39 is 0 Å². The molecular formula is C26H30N2O5. The fourth-order valence-electron chi connectivity index (χ4n) is 4.09. The smallest absolute Gasteiger partial charge is 0.246 e. The summed E-state index contributed by atoms with van der Waals surface area (Å²) in [6, 6.07) is 13.9. The van der Waals surface area contributed by atoms with Crippen LogP contribution in [-0.4, -0.2) is 68.1 Å². The van der Waals surface area contributed by atoms with E-state index in [4.69, 9.17) is 14.2 Å². The SMILES string of the molecule is COc1cc(/C=C/C(=O)N2CCN(C(=O)CCCc3ccccc3)CC2)cc2c1OCCO2. The standard InChI is InChI=1S/C26H30N2O5/c1-31-22-18-21(19-23-26(22)33-17-16-32-23)10-11-25(30)28-14-12-27(13-15-28)24(29)9-5-8-20-6-3-2-4-7-20/h2-4,6-7,10-11,18-19H,5,8-9,12-17H2,1H3/b11-10+. The van der Waals surface area contributed by atoms with Crippen LogP contribution in [0.3, 0.4) is 0 Å². The molecule has 0 N–H and O–H groups in total. The molecule has 7 nitrogen and oxygen atoms in total. The van der Waals surface area contributed by atoms with Crippen LogP contribution in [0.2, 0.25) is 0 Å². The number of methoxy groups -OCH3 is 1. The Labute approximate surface area is 194 Å². The summed E-state index contributed by atoms with van der Waals surface area (Å²) in [5, 5.41) is 0. The van der Waals surface area contributed by atoms with Crippen molar-refractivity contribution in [2.24, 2.45) is 0 Å². The lowest BCUT2D eigenvalue weighted by Crippen LogP contribution is -2.50. The number of hydrogen-bond donors (Lipinski definition) is 0. The van der Waals surface area contributed by atoms with E-state index in [1.807, 2.05) is 35.2 Å². The van der Waals surface area contributed by atoms with E-state index in [2.05, 4.69) is 12.1 Å². The van der Waals surface area contributed by atoms with Crippen LogP contribution in [0.5, 0.6) is 17.2 Å². The molecule has 0 radical (unpaired) electrons. The number of fused-ring (bicyclic) bond motifs is 1. The maximum Gasteiger partial charge on any atom is 0.246 e. The third kappa shape index (κ3) is 5.86. The second-order valence-electron chi connectivity index (χ2n) is 8.13. The Morgan fingerprint density at radius 3 is 2.48 bits per heavy atom. The van der Waals surface area contributed by atoms with Crippen molar-refractivity contribution in [1.29, 1.82) is 0 Å². The number of carbonyl (C=O) groups excluding carboxylic acids is 2. The maximum atomic E-state index is 12.7. The predicted molar refractivity (Wildman–Crippen MR) is 126 cm³/mol. The molecule has 2 aromatic rings. The molecule has 2 amide bonds. The highest BCUT2D eigenvalue weighted by atomic mass is 16.6. The van der Waals surface area contributed by atoms with Crippen LogP contribution in [0.25, 0.3) is 6.08 Å². The molecule has 7 heteroatoms. The van der Waals surface area contributed by atoms with E-state index >= 15 is 0 Å². The van der Waals surface area contributed by atoms with Crippen LogP contribution in [0.15, 0.2) is 48.5 Å².